The van der Waals surface area contributed by atoms with Crippen LogP contribution in [0.4, 0.5) is 0 Å². The van der Waals surface area contributed by atoms with Gasteiger partial charge in [0.25, 0.3) is 0 Å². The van der Waals surface area contributed by atoms with Crippen LogP contribution in [0.1, 0.15) is 35.2 Å². The maximum Gasteiger partial charge on any atom is 0.228 e. The van der Waals surface area contributed by atoms with Gasteiger partial charge in [-0.3, -0.25) is 9.78 Å². The van der Waals surface area contributed by atoms with Crippen molar-refractivity contribution in [2.75, 3.05) is 13.1 Å². The number of amides is 1. The maximum absolute atomic E-state index is 12.7. The zero-order chi connectivity index (χ0) is 19.5. The van der Waals surface area contributed by atoms with Crippen molar-refractivity contribution < 1.29 is 4.79 Å². The van der Waals surface area contributed by atoms with Crippen molar-refractivity contribution in [1.29, 1.82) is 0 Å². The number of aromatic nitrogens is 2. The number of benzene rings is 1. The molecule has 28 heavy (non-hydrogen) atoms. The molecular weight excluding hydrogens is 390 g/mol. The molecule has 0 unspecified atom stereocenters. The number of hydrogen-bond acceptors (Lipinski definition) is 4. The van der Waals surface area contributed by atoms with E-state index in [1.165, 1.54) is 0 Å². The predicted octanol–water partition coefficient (Wildman–Crippen LogP) is 5.12. The summed E-state index contributed by atoms with van der Waals surface area (Å²) in [5.74, 6) is 0.412. The van der Waals surface area contributed by atoms with Gasteiger partial charge in [-0.2, -0.15) is 0 Å². The van der Waals surface area contributed by atoms with Gasteiger partial charge < -0.3 is 4.90 Å². The molecule has 1 amide bonds. The molecule has 0 bridgehead atoms. The molecule has 0 N–H and O–H groups in total. The Morgan fingerprint density at radius 1 is 1.25 bits per heavy atom. The van der Waals surface area contributed by atoms with Crippen LogP contribution < -0.4 is 0 Å². The van der Waals surface area contributed by atoms with Crippen LogP contribution in [0.5, 0.6) is 0 Å². The number of hydrogen-bond donors (Lipinski definition) is 0. The Labute approximate surface area is 174 Å². The molecule has 0 aliphatic carbocycles. The lowest BCUT2D eigenvalue weighted by Gasteiger charge is -2.32. The molecule has 1 atom stereocenters. The van der Waals surface area contributed by atoms with Gasteiger partial charge in [0.2, 0.25) is 5.91 Å². The minimum Gasteiger partial charge on any atom is -0.342 e. The molecule has 2 aromatic heterocycles. The average Bonchev–Trinajstić information content (AvgIpc) is 3.13. The highest BCUT2D eigenvalue weighted by Gasteiger charge is 2.26. The fourth-order valence-corrected chi connectivity index (χ4v) is 4.49. The monoisotopic (exact) mass is 411 g/mol. The number of likely N-dealkylation sites (tertiary alicyclic amines) is 1. The quantitative estimate of drug-likeness (QED) is 0.598. The molecule has 0 saturated carbocycles. The normalized spacial score (nSPS) is 16.9. The van der Waals surface area contributed by atoms with Crippen molar-refractivity contribution in [2.45, 2.75) is 32.1 Å². The molecule has 4 nitrogen and oxygen atoms in total. The van der Waals surface area contributed by atoms with E-state index in [1.54, 1.807) is 11.3 Å². The lowest BCUT2D eigenvalue weighted by atomic mass is 9.93. The van der Waals surface area contributed by atoms with Crippen molar-refractivity contribution in [3.63, 3.8) is 0 Å². The van der Waals surface area contributed by atoms with E-state index in [-0.39, 0.29) is 11.8 Å². The van der Waals surface area contributed by atoms with Gasteiger partial charge in [-0.25, -0.2) is 4.98 Å². The number of nitrogens with zero attached hydrogens (tertiary/aromatic N) is 3. The first-order chi connectivity index (χ1) is 13.6. The summed E-state index contributed by atoms with van der Waals surface area (Å²) in [7, 11) is 0. The molecule has 1 aromatic carbocycles. The van der Waals surface area contributed by atoms with Crippen LogP contribution in [0.15, 0.2) is 47.8 Å². The number of rotatable bonds is 4. The number of carbonyl (C=O) groups excluding carboxylic acids is 1. The van der Waals surface area contributed by atoms with Gasteiger partial charge in [0.05, 0.1) is 22.8 Å². The third-order valence-electron chi connectivity index (χ3n) is 5.08. The van der Waals surface area contributed by atoms with E-state index >= 15 is 0 Å². The first-order valence-electron chi connectivity index (χ1n) is 9.50. The fourth-order valence-electron chi connectivity index (χ4n) is 3.69. The SMILES string of the molecule is Cc1nc(CC(=O)N2CCC[C@@H](c3cccc(-c4cccc(Cl)c4)n3)C2)cs1. The lowest BCUT2D eigenvalue weighted by molar-refractivity contribution is -0.131. The van der Waals surface area contributed by atoms with Gasteiger partial charge in [-0.1, -0.05) is 29.8 Å². The molecular formula is C22H22ClN3OS. The highest BCUT2D eigenvalue weighted by Crippen LogP contribution is 2.28. The van der Waals surface area contributed by atoms with E-state index in [0.717, 1.165) is 47.0 Å². The van der Waals surface area contributed by atoms with Gasteiger partial charge in [-0.05, 0) is 44.0 Å². The molecule has 4 rings (SSSR count). The largest absolute Gasteiger partial charge is 0.342 e. The van der Waals surface area contributed by atoms with Crippen molar-refractivity contribution in [1.82, 2.24) is 14.9 Å². The topological polar surface area (TPSA) is 46.1 Å². The van der Waals surface area contributed by atoms with Crippen molar-refractivity contribution in [2.24, 2.45) is 0 Å². The molecule has 0 radical (unpaired) electrons. The summed E-state index contributed by atoms with van der Waals surface area (Å²) < 4.78 is 0. The van der Waals surface area contributed by atoms with Crippen LogP contribution in [0.3, 0.4) is 0 Å². The van der Waals surface area contributed by atoms with E-state index in [0.29, 0.717) is 18.0 Å². The maximum atomic E-state index is 12.7. The molecule has 3 aromatic rings. The summed E-state index contributed by atoms with van der Waals surface area (Å²) in [6, 6.07) is 13.9. The minimum atomic E-state index is 0.154. The van der Waals surface area contributed by atoms with Gasteiger partial charge in [-0.15, -0.1) is 11.3 Å². The third kappa shape index (κ3) is 4.42. The Morgan fingerprint density at radius 3 is 2.89 bits per heavy atom. The van der Waals surface area contributed by atoms with E-state index in [1.807, 2.05) is 53.6 Å². The third-order valence-corrected chi connectivity index (χ3v) is 6.14. The standard InChI is InChI=1S/C22H22ClN3OS/c1-15-24-19(14-28-15)12-22(27)26-10-4-6-17(13-26)21-9-3-8-20(25-21)16-5-2-7-18(23)11-16/h2-3,5,7-9,11,14,17H,4,6,10,12-13H2,1H3/t17-/m1/s1. The average molecular weight is 412 g/mol. The first-order valence-corrected chi connectivity index (χ1v) is 10.8. The number of pyridine rings is 1. The second-order valence-corrected chi connectivity index (χ2v) is 8.67. The Hall–Kier alpha value is -2.24. The summed E-state index contributed by atoms with van der Waals surface area (Å²) >= 11 is 7.72. The van der Waals surface area contributed by atoms with Gasteiger partial charge in [0, 0.05) is 40.7 Å². The van der Waals surface area contributed by atoms with Crippen molar-refractivity contribution in [3.8, 4) is 11.3 Å². The summed E-state index contributed by atoms with van der Waals surface area (Å²) in [6.45, 7) is 3.49. The Balaban J connectivity index is 1.48. The molecule has 6 heteroatoms. The molecule has 1 saturated heterocycles. The number of halogens is 1. The number of carbonyl (C=O) groups is 1. The summed E-state index contributed by atoms with van der Waals surface area (Å²) in [5, 5.41) is 3.68. The number of thiazole rings is 1. The smallest absolute Gasteiger partial charge is 0.228 e. The summed E-state index contributed by atoms with van der Waals surface area (Å²) in [6.07, 6.45) is 2.42. The van der Waals surface area contributed by atoms with Gasteiger partial charge in [0.1, 0.15) is 0 Å². The van der Waals surface area contributed by atoms with Crippen LogP contribution >= 0.6 is 22.9 Å². The summed E-state index contributed by atoms with van der Waals surface area (Å²) in [5.41, 5.74) is 3.84. The lowest BCUT2D eigenvalue weighted by Crippen LogP contribution is -2.40. The summed E-state index contributed by atoms with van der Waals surface area (Å²) in [4.78, 5) is 24.0. The van der Waals surface area contributed by atoms with Gasteiger partial charge >= 0.3 is 0 Å². The first kappa shape index (κ1) is 19.1. The zero-order valence-corrected chi connectivity index (χ0v) is 17.3. The molecule has 3 heterocycles. The Kier molecular flexibility index (Phi) is 5.74. The van der Waals surface area contributed by atoms with Crippen LogP contribution in [-0.4, -0.2) is 33.9 Å². The van der Waals surface area contributed by atoms with Crippen LogP contribution in [0, 0.1) is 6.92 Å². The van der Waals surface area contributed by atoms with Crippen LogP contribution in [-0.2, 0) is 11.2 Å². The number of aryl methyl sites for hydroxylation is 1. The number of piperidine rings is 1. The molecule has 0 spiro atoms. The van der Waals surface area contributed by atoms with Crippen LogP contribution in [0.2, 0.25) is 5.02 Å². The highest BCUT2D eigenvalue weighted by molar-refractivity contribution is 7.09. The molecule has 1 fully saturated rings. The van der Waals surface area contributed by atoms with E-state index in [4.69, 9.17) is 16.6 Å². The minimum absolute atomic E-state index is 0.154. The Morgan fingerprint density at radius 2 is 2.11 bits per heavy atom. The molecule has 1 aliphatic rings. The van der Waals surface area contributed by atoms with E-state index < -0.39 is 0 Å². The van der Waals surface area contributed by atoms with Crippen molar-refractivity contribution >= 4 is 28.8 Å². The fraction of sp³-hybridized carbons (Fsp3) is 0.318. The second kappa shape index (κ2) is 8.41. The Bertz CT molecular complexity index is 987. The highest BCUT2D eigenvalue weighted by atomic mass is 35.5. The predicted molar refractivity (Wildman–Crippen MR) is 114 cm³/mol. The van der Waals surface area contributed by atoms with Gasteiger partial charge in [0.15, 0.2) is 0 Å². The van der Waals surface area contributed by atoms with Crippen molar-refractivity contribution in [3.05, 3.63) is 69.3 Å². The van der Waals surface area contributed by atoms with E-state index in [2.05, 4.69) is 11.1 Å². The second-order valence-electron chi connectivity index (χ2n) is 7.17. The zero-order valence-electron chi connectivity index (χ0n) is 15.8. The van der Waals surface area contributed by atoms with Crippen LogP contribution in [0.25, 0.3) is 11.3 Å². The molecule has 1 aliphatic heterocycles. The van der Waals surface area contributed by atoms with E-state index in [9.17, 15) is 4.79 Å². The molecule has 144 valence electrons.